The van der Waals surface area contributed by atoms with Crippen LogP contribution < -0.4 is 0 Å². The summed E-state index contributed by atoms with van der Waals surface area (Å²) in [4.78, 5) is 36.7. The van der Waals surface area contributed by atoms with Gasteiger partial charge in [-0.05, 0) is 37.8 Å². The number of ether oxygens (including phenoxy) is 1. The zero-order valence-electron chi connectivity index (χ0n) is 12.0. The lowest BCUT2D eigenvalue weighted by Gasteiger charge is -2.33. The molecule has 2 aliphatic rings. The predicted octanol–water partition coefficient (Wildman–Crippen LogP) is 1.69. The maximum atomic E-state index is 12.4. The molecule has 6 nitrogen and oxygen atoms in total. The number of hydrogen-bond donors (Lipinski definition) is 1. The lowest BCUT2D eigenvalue weighted by Crippen LogP contribution is -2.43. The molecule has 2 amide bonds. The van der Waals surface area contributed by atoms with Crippen LogP contribution in [0, 0.1) is 0 Å². The predicted molar refractivity (Wildman–Crippen MR) is 76.6 cm³/mol. The number of carbonyl (C=O) groups excluding carboxylic acids is 2. The summed E-state index contributed by atoms with van der Waals surface area (Å²) in [5, 5.41) is 8.62. The number of hydrogen-bond acceptors (Lipinski definition) is 4. The first-order valence-electron chi connectivity index (χ1n) is 7.38. The summed E-state index contributed by atoms with van der Waals surface area (Å²) in [6, 6.07) is 6.74. The SMILES string of the molecule is O=C(O)CO[C@H]1CC[C@H](N2C(=O)c3ccccc3C2=O)CC1. The number of carboxylic acid groups (broad SMARTS) is 1. The van der Waals surface area contributed by atoms with E-state index in [0.29, 0.717) is 36.8 Å². The van der Waals surface area contributed by atoms with Gasteiger partial charge in [0.1, 0.15) is 6.61 Å². The third-order valence-corrected chi connectivity index (χ3v) is 4.28. The lowest BCUT2D eigenvalue weighted by atomic mass is 9.92. The Balaban J connectivity index is 1.64. The van der Waals surface area contributed by atoms with Gasteiger partial charge in [-0.15, -0.1) is 0 Å². The number of rotatable bonds is 4. The summed E-state index contributed by atoms with van der Waals surface area (Å²) in [6.07, 6.45) is 2.50. The first-order valence-corrected chi connectivity index (χ1v) is 7.38. The van der Waals surface area contributed by atoms with E-state index in [0.717, 1.165) is 0 Å². The molecular formula is C16H17NO5. The third kappa shape index (κ3) is 2.62. The first-order chi connectivity index (χ1) is 10.6. The highest BCUT2D eigenvalue weighted by Gasteiger charge is 2.40. The summed E-state index contributed by atoms with van der Waals surface area (Å²) in [5.41, 5.74) is 0.938. The molecule has 22 heavy (non-hydrogen) atoms. The second-order valence-electron chi connectivity index (χ2n) is 5.66. The fourth-order valence-electron chi connectivity index (χ4n) is 3.20. The molecule has 0 saturated heterocycles. The fourth-order valence-corrected chi connectivity index (χ4v) is 3.20. The van der Waals surface area contributed by atoms with E-state index in [1.807, 2.05) is 0 Å². The molecule has 1 aromatic rings. The molecule has 116 valence electrons. The van der Waals surface area contributed by atoms with E-state index in [4.69, 9.17) is 9.84 Å². The van der Waals surface area contributed by atoms with Gasteiger partial charge in [0.2, 0.25) is 0 Å². The monoisotopic (exact) mass is 303 g/mol. The second kappa shape index (κ2) is 5.88. The number of carbonyl (C=O) groups is 3. The zero-order valence-corrected chi connectivity index (χ0v) is 12.0. The highest BCUT2D eigenvalue weighted by atomic mass is 16.5. The van der Waals surface area contributed by atoms with Crippen molar-refractivity contribution in [2.45, 2.75) is 37.8 Å². The Bertz CT molecular complexity index is 584. The number of benzene rings is 1. The molecule has 0 aromatic heterocycles. The summed E-state index contributed by atoms with van der Waals surface area (Å²) >= 11 is 0. The van der Waals surface area contributed by atoms with Crippen LogP contribution in [0.25, 0.3) is 0 Å². The van der Waals surface area contributed by atoms with Crippen molar-refractivity contribution in [3.05, 3.63) is 35.4 Å². The Hall–Kier alpha value is -2.21. The Labute approximate surface area is 127 Å². The van der Waals surface area contributed by atoms with E-state index in [1.54, 1.807) is 24.3 Å². The van der Waals surface area contributed by atoms with Crippen molar-refractivity contribution in [1.82, 2.24) is 4.90 Å². The van der Waals surface area contributed by atoms with Crippen molar-refractivity contribution < 1.29 is 24.2 Å². The van der Waals surface area contributed by atoms with Gasteiger partial charge in [0, 0.05) is 6.04 Å². The number of fused-ring (bicyclic) bond motifs is 1. The molecule has 1 aromatic carbocycles. The Morgan fingerprint density at radius 1 is 1.09 bits per heavy atom. The van der Waals surface area contributed by atoms with Crippen molar-refractivity contribution >= 4 is 17.8 Å². The zero-order chi connectivity index (χ0) is 15.7. The van der Waals surface area contributed by atoms with Crippen molar-refractivity contribution in [2.24, 2.45) is 0 Å². The van der Waals surface area contributed by atoms with Crippen molar-refractivity contribution in [1.29, 1.82) is 0 Å². The number of carboxylic acids is 1. The average molecular weight is 303 g/mol. The molecule has 1 saturated carbocycles. The van der Waals surface area contributed by atoms with Gasteiger partial charge in [-0.1, -0.05) is 12.1 Å². The van der Waals surface area contributed by atoms with Crippen LogP contribution in [0.2, 0.25) is 0 Å². The molecule has 3 rings (SSSR count). The summed E-state index contributed by atoms with van der Waals surface area (Å²) < 4.78 is 5.28. The van der Waals surface area contributed by atoms with E-state index in [-0.39, 0.29) is 30.6 Å². The van der Waals surface area contributed by atoms with Gasteiger partial charge in [-0.3, -0.25) is 14.5 Å². The van der Waals surface area contributed by atoms with Crippen LogP contribution in [0.5, 0.6) is 0 Å². The standard InChI is InChI=1S/C16H17NO5/c18-14(19)9-22-11-7-5-10(6-8-11)17-15(20)12-3-1-2-4-13(12)16(17)21/h1-4,10-11H,5-9H2,(H,18,19)/t10-,11-. The topological polar surface area (TPSA) is 83.9 Å². The maximum absolute atomic E-state index is 12.4. The van der Waals surface area contributed by atoms with Gasteiger partial charge >= 0.3 is 5.97 Å². The Morgan fingerprint density at radius 2 is 1.64 bits per heavy atom. The number of amides is 2. The van der Waals surface area contributed by atoms with E-state index < -0.39 is 5.97 Å². The Morgan fingerprint density at radius 3 is 2.14 bits per heavy atom. The van der Waals surface area contributed by atoms with Crippen LogP contribution in [0.4, 0.5) is 0 Å². The molecule has 1 heterocycles. The molecule has 1 aliphatic carbocycles. The van der Waals surface area contributed by atoms with E-state index in [9.17, 15) is 14.4 Å². The molecule has 1 N–H and O–H groups in total. The van der Waals surface area contributed by atoms with Crippen LogP contribution in [0.15, 0.2) is 24.3 Å². The Kier molecular flexibility index (Phi) is 3.94. The average Bonchev–Trinajstić information content (AvgIpc) is 2.78. The van der Waals surface area contributed by atoms with Gasteiger partial charge in [0.15, 0.2) is 0 Å². The molecular weight excluding hydrogens is 286 g/mol. The number of imide groups is 1. The number of aliphatic carboxylic acids is 1. The van der Waals surface area contributed by atoms with Crippen molar-refractivity contribution in [3.8, 4) is 0 Å². The first kappa shape index (κ1) is 14.7. The van der Waals surface area contributed by atoms with Crippen LogP contribution in [0.1, 0.15) is 46.4 Å². The minimum atomic E-state index is -0.984. The van der Waals surface area contributed by atoms with E-state index in [2.05, 4.69) is 0 Å². The smallest absolute Gasteiger partial charge is 0.329 e. The van der Waals surface area contributed by atoms with E-state index in [1.165, 1.54) is 4.90 Å². The molecule has 0 unspecified atom stereocenters. The molecule has 1 aliphatic heterocycles. The minimum Gasteiger partial charge on any atom is -0.480 e. The van der Waals surface area contributed by atoms with Gasteiger partial charge in [-0.2, -0.15) is 0 Å². The van der Waals surface area contributed by atoms with Gasteiger partial charge in [0.05, 0.1) is 17.2 Å². The van der Waals surface area contributed by atoms with Crippen molar-refractivity contribution in [2.75, 3.05) is 6.61 Å². The van der Waals surface area contributed by atoms with Crippen LogP contribution in [-0.4, -0.2) is 46.5 Å². The molecule has 0 radical (unpaired) electrons. The second-order valence-corrected chi connectivity index (χ2v) is 5.66. The fraction of sp³-hybridized carbons (Fsp3) is 0.438. The van der Waals surface area contributed by atoms with Gasteiger partial charge < -0.3 is 9.84 Å². The lowest BCUT2D eigenvalue weighted by molar-refractivity contribution is -0.145. The molecule has 0 bridgehead atoms. The molecule has 0 spiro atoms. The van der Waals surface area contributed by atoms with Crippen LogP contribution >= 0.6 is 0 Å². The normalized spacial score (nSPS) is 24.5. The third-order valence-electron chi connectivity index (χ3n) is 4.28. The van der Waals surface area contributed by atoms with E-state index >= 15 is 0 Å². The van der Waals surface area contributed by atoms with Gasteiger partial charge in [-0.25, -0.2) is 4.79 Å². The van der Waals surface area contributed by atoms with Crippen molar-refractivity contribution in [3.63, 3.8) is 0 Å². The highest BCUT2D eigenvalue weighted by molar-refractivity contribution is 6.21. The molecule has 6 heteroatoms. The van der Waals surface area contributed by atoms with Gasteiger partial charge in [0.25, 0.3) is 11.8 Å². The molecule has 0 atom stereocenters. The quantitative estimate of drug-likeness (QED) is 0.856. The summed E-state index contributed by atoms with van der Waals surface area (Å²) in [7, 11) is 0. The number of nitrogens with zero attached hydrogens (tertiary/aromatic N) is 1. The van der Waals surface area contributed by atoms with Crippen LogP contribution in [-0.2, 0) is 9.53 Å². The minimum absolute atomic E-state index is 0.109. The molecule has 1 fully saturated rings. The largest absolute Gasteiger partial charge is 0.480 e. The highest BCUT2D eigenvalue weighted by Crippen LogP contribution is 2.31. The summed E-state index contributed by atoms with van der Waals surface area (Å²) in [6.45, 7) is -0.303. The van der Waals surface area contributed by atoms with Crippen LogP contribution in [0.3, 0.4) is 0 Å². The summed E-state index contributed by atoms with van der Waals surface area (Å²) in [5.74, 6) is -1.44. The maximum Gasteiger partial charge on any atom is 0.329 e.